The first-order chi connectivity index (χ1) is 51.8. The molecule has 0 spiro atoms. The second-order valence-electron chi connectivity index (χ2n) is 27.8. The van der Waals surface area contributed by atoms with E-state index in [0.717, 1.165) is 35.0 Å². The largest absolute Gasteiger partial charge is 0.394 e. The maximum Gasteiger partial charge on any atom is 0.245 e. The van der Waals surface area contributed by atoms with Crippen molar-refractivity contribution in [3.8, 4) is 0 Å². The van der Waals surface area contributed by atoms with Crippen LogP contribution in [0.1, 0.15) is 93.2 Å². The van der Waals surface area contributed by atoms with Crippen LogP contribution in [0.5, 0.6) is 0 Å². The number of fused-ring (bicyclic) bond motifs is 1. The van der Waals surface area contributed by atoms with Crippen LogP contribution in [0.4, 0.5) is 0 Å². The highest BCUT2D eigenvalue weighted by molar-refractivity contribution is 6.30. The highest BCUT2D eigenvalue weighted by atomic mass is 35.5. The summed E-state index contributed by atoms with van der Waals surface area (Å²) in [6.45, 7) is 8.81. The Bertz CT molecular complexity index is 4070. The number of ether oxygens (including phenoxy) is 1. The standard InChI is InChI=1S/C79H100ClN15O13/c1-48(2)40-61(70(99)87-60(24-14-34-84-79(82)83)78(107)95-35-15-25-68(95)77(106)85-49(3)69(81)98)88-71(100)62(41-51-16-7-5-8-17-51)89-73(102)65(43-53-26-28-55(29-27-53)46-94-36-38-108-39-37-94)92-76(105)67(47-96)93-74(103)63(42-52-18-9-6-10-19-52)90-72(101)64(44-54-30-32-58(80)33-31-54)91-75(104)66(86-50(4)97)45-57-22-13-21-56-20-11-12-23-59(56)57/h5-13,16-23,26-33,48-49,60-68,96H,14-15,24-25,34-47H2,1-4H3,(H2,81,98)(H,85,106)(H,86,97)(H,87,99)(H,88,100)(H,89,102)(H,90,101)(H,91,104)(H,92,105)(H,93,103)(H4,82,83,84)/t49-,60+,61+,62-,63-,64-,65+,66-,67+,68+/m1/s1. The van der Waals surface area contributed by atoms with Gasteiger partial charge in [0, 0.05) is 76.8 Å². The second-order valence-corrected chi connectivity index (χ2v) is 28.2. The van der Waals surface area contributed by atoms with E-state index in [9.17, 15) is 48.3 Å². The monoisotopic (exact) mass is 1500 g/mol. The normalized spacial score (nSPS) is 16.1. The van der Waals surface area contributed by atoms with Crippen molar-refractivity contribution >= 4 is 93.3 Å². The molecule has 0 bridgehead atoms. The summed E-state index contributed by atoms with van der Waals surface area (Å²) < 4.78 is 5.55. The Balaban J connectivity index is 1.06. The summed E-state index contributed by atoms with van der Waals surface area (Å²) in [5, 5.41) is 48.4. The maximum atomic E-state index is 15.3. The van der Waals surface area contributed by atoms with Crippen molar-refractivity contribution < 1.29 is 62.6 Å². The van der Waals surface area contributed by atoms with Crippen molar-refractivity contribution in [1.29, 1.82) is 5.41 Å². The number of halogens is 1. The van der Waals surface area contributed by atoms with Gasteiger partial charge in [0.25, 0.3) is 0 Å². The topological polar surface area (TPSA) is 420 Å². The zero-order valence-electron chi connectivity index (χ0n) is 61.3. The molecule has 0 saturated carbocycles. The summed E-state index contributed by atoms with van der Waals surface area (Å²) in [7, 11) is 0. The Morgan fingerprint density at radius 1 is 0.519 bits per heavy atom. The van der Waals surface area contributed by atoms with E-state index in [1.54, 1.807) is 97.1 Å². The molecule has 2 saturated heterocycles. The summed E-state index contributed by atoms with van der Waals surface area (Å²) in [6.07, 6.45) is 0.381. The number of aliphatic hydroxyl groups excluding tert-OH is 1. The van der Waals surface area contributed by atoms with Gasteiger partial charge in [-0.05, 0) is 101 Å². The maximum absolute atomic E-state index is 15.3. The first-order valence-electron chi connectivity index (χ1n) is 36.5. The van der Waals surface area contributed by atoms with Gasteiger partial charge in [-0.15, -0.1) is 0 Å². The number of likely N-dealkylation sites (tertiary alicyclic amines) is 1. The average molecular weight is 1500 g/mol. The van der Waals surface area contributed by atoms with Crippen LogP contribution in [-0.4, -0.2) is 192 Å². The summed E-state index contributed by atoms with van der Waals surface area (Å²) in [5.41, 5.74) is 15.0. The first kappa shape index (κ1) is 82.8. The van der Waals surface area contributed by atoms with Gasteiger partial charge in [-0.2, -0.15) is 0 Å². The molecule has 6 aromatic carbocycles. The second kappa shape index (κ2) is 41.3. The Kier molecular flexibility index (Phi) is 31.7. The predicted molar refractivity (Wildman–Crippen MR) is 408 cm³/mol. The molecule has 8 rings (SSSR count). The van der Waals surface area contributed by atoms with E-state index < -0.39 is 132 Å². The molecule has 2 fully saturated rings. The zero-order chi connectivity index (χ0) is 77.8. The third kappa shape index (κ3) is 25.7. The Hall–Kier alpha value is -10.8. The number of guanidine groups is 1. The van der Waals surface area contributed by atoms with Crippen molar-refractivity contribution in [3.05, 3.63) is 190 Å². The van der Waals surface area contributed by atoms with Gasteiger partial charge in [0.05, 0.1) is 19.8 Å². The molecule has 576 valence electrons. The first-order valence-corrected chi connectivity index (χ1v) is 36.8. The zero-order valence-corrected chi connectivity index (χ0v) is 62.0. The lowest BCUT2D eigenvalue weighted by Crippen LogP contribution is -2.62. The third-order valence-corrected chi connectivity index (χ3v) is 19.1. The molecule has 10 atom stereocenters. The van der Waals surface area contributed by atoms with E-state index in [-0.39, 0.29) is 82.8 Å². The summed E-state index contributed by atoms with van der Waals surface area (Å²) in [4.78, 5) is 161. The quantitative estimate of drug-likeness (QED) is 0.0150. The number of rotatable bonds is 38. The van der Waals surface area contributed by atoms with Gasteiger partial charge in [-0.1, -0.05) is 165 Å². The average Bonchev–Trinajstić information content (AvgIpc) is 1.41. The van der Waals surface area contributed by atoms with E-state index in [4.69, 9.17) is 33.2 Å². The van der Waals surface area contributed by atoms with Gasteiger partial charge in [-0.25, -0.2) is 0 Å². The van der Waals surface area contributed by atoms with Crippen LogP contribution in [0.2, 0.25) is 5.02 Å². The summed E-state index contributed by atoms with van der Waals surface area (Å²) >= 11 is 6.28. The highest BCUT2D eigenvalue weighted by Crippen LogP contribution is 2.23. The van der Waals surface area contributed by atoms with Gasteiger partial charge in [-0.3, -0.25) is 63.0 Å². The number of nitrogens with two attached hydrogens (primary N) is 2. The molecule has 2 aliphatic heterocycles. The molecule has 0 unspecified atom stereocenters. The van der Waals surface area contributed by atoms with Crippen molar-refractivity contribution in [3.63, 3.8) is 0 Å². The summed E-state index contributed by atoms with van der Waals surface area (Å²) in [5.74, 6) is -9.05. The number of amides is 11. The fourth-order valence-electron chi connectivity index (χ4n) is 13.0. The van der Waals surface area contributed by atoms with Crippen LogP contribution in [0.25, 0.3) is 10.8 Å². The van der Waals surface area contributed by atoms with E-state index in [1.807, 2.05) is 68.4 Å². The lowest BCUT2D eigenvalue weighted by atomic mass is 9.97. The van der Waals surface area contributed by atoms with E-state index in [1.165, 1.54) is 18.7 Å². The third-order valence-electron chi connectivity index (χ3n) is 18.8. The molecule has 28 nitrogen and oxygen atoms in total. The van der Waals surface area contributed by atoms with E-state index >= 15 is 9.59 Å². The van der Waals surface area contributed by atoms with Crippen molar-refractivity contribution in [2.24, 2.45) is 17.4 Å². The van der Waals surface area contributed by atoms with Crippen LogP contribution in [0, 0.1) is 11.3 Å². The minimum atomic E-state index is -1.78. The SMILES string of the molecule is CC(=O)N[C@H](Cc1cccc2ccccc12)C(=O)N[C@H](Cc1ccc(Cl)cc1)C(=O)N[C@H](Cc1ccccc1)C(=O)N[C@@H](CO)C(=O)N[C@@H](Cc1ccc(CN2CCOCC2)cc1)C(=O)N[C@H](Cc1ccccc1)C(=O)N[C@@H](CC(C)C)C(=O)N[C@@H](CCCNC(=N)N)C(=O)N1CCC[C@H]1C(=O)N[C@H](C)C(N)=O. The molecule has 0 aliphatic carbocycles. The number of carbonyl (C=O) groups is 11. The van der Waals surface area contributed by atoms with Crippen LogP contribution < -0.4 is 64.6 Å². The van der Waals surface area contributed by atoms with Gasteiger partial charge in [0.2, 0.25) is 65.0 Å². The predicted octanol–water partition coefficient (Wildman–Crippen LogP) is 2.02. The molecule has 2 heterocycles. The molecule has 108 heavy (non-hydrogen) atoms. The smallest absolute Gasteiger partial charge is 0.245 e. The minimum Gasteiger partial charge on any atom is -0.394 e. The fraction of sp³-hybridized carbons (Fsp3) is 0.418. The molecule has 0 radical (unpaired) electrons. The van der Waals surface area contributed by atoms with Crippen molar-refractivity contribution in [2.45, 2.75) is 159 Å². The molecule has 16 N–H and O–H groups in total. The Morgan fingerprint density at radius 2 is 0.963 bits per heavy atom. The van der Waals surface area contributed by atoms with Crippen LogP contribution in [0.15, 0.2) is 152 Å². The number of carbonyl (C=O) groups excluding carboxylic acids is 11. The van der Waals surface area contributed by atoms with Crippen molar-refractivity contribution in [1.82, 2.24) is 63.0 Å². The Morgan fingerprint density at radius 3 is 1.47 bits per heavy atom. The van der Waals surface area contributed by atoms with Crippen LogP contribution >= 0.6 is 11.6 Å². The number of nitrogens with zero attached hydrogens (tertiary/aromatic N) is 2. The number of aliphatic hydroxyl groups is 1. The minimum absolute atomic E-state index is 0.00284. The van der Waals surface area contributed by atoms with Gasteiger partial charge < -0.3 is 79.4 Å². The number of benzene rings is 6. The number of primary amides is 1. The molecule has 29 heteroatoms. The van der Waals surface area contributed by atoms with Gasteiger partial charge in [0.15, 0.2) is 5.96 Å². The van der Waals surface area contributed by atoms with E-state index in [0.29, 0.717) is 53.5 Å². The summed E-state index contributed by atoms with van der Waals surface area (Å²) in [6, 6.07) is 31.0. The van der Waals surface area contributed by atoms with Crippen molar-refractivity contribution in [2.75, 3.05) is 46.0 Å². The number of hydrogen-bond donors (Lipinski definition) is 14. The number of nitrogens with one attached hydrogen (secondary N) is 11. The molecule has 2 aliphatic rings. The molecule has 11 amide bonds. The lowest BCUT2D eigenvalue weighted by molar-refractivity contribution is -0.142. The molecule has 6 aromatic rings. The number of hydrogen-bond acceptors (Lipinski definition) is 15. The lowest BCUT2D eigenvalue weighted by Gasteiger charge is -2.31. The number of morpholine rings is 1. The van der Waals surface area contributed by atoms with Gasteiger partial charge >= 0.3 is 0 Å². The Labute approximate surface area is 633 Å². The molecule has 0 aromatic heterocycles. The molecular formula is C79H100ClN15O13. The highest BCUT2D eigenvalue weighted by Gasteiger charge is 2.41. The van der Waals surface area contributed by atoms with Crippen LogP contribution in [-0.2, 0) is 96.1 Å². The van der Waals surface area contributed by atoms with Gasteiger partial charge in [0.1, 0.15) is 60.4 Å². The molecular weight excluding hydrogens is 1400 g/mol. The fourth-order valence-corrected chi connectivity index (χ4v) is 13.2. The van der Waals surface area contributed by atoms with E-state index in [2.05, 4.69) is 58.1 Å². The van der Waals surface area contributed by atoms with Crippen LogP contribution in [0.3, 0.4) is 0 Å².